The minimum absolute atomic E-state index is 0.0370. The van der Waals surface area contributed by atoms with Crippen molar-refractivity contribution in [2.45, 2.75) is 26.1 Å². The number of amides is 2. The molecule has 0 aliphatic carbocycles. The van der Waals surface area contributed by atoms with Crippen molar-refractivity contribution in [3.63, 3.8) is 0 Å². The molecule has 2 N–H and O–H groups in total. The fourth-order valence-corrected chi connectivity index (χ4v) is 2.37. The lowest BCUT2D eigenvalue weighted by Crippen LogP contribution is -2.38. The Morgan fingerprint density at radius 1 is 1.31 bits per heavy atom. The molecule has 2 rings (SSSR count). The van der Waals surface area contributed by atoms with Gasteiger partial charge in [0.1, 0.15) is 5.82 Å². The molecule has 26 heavy (non-hydrogen) atoms. The second-order valence-electron chi connectivity index (χ2n) is 5.87. The Morgan fingerprint density at radius 2 is 2.04 bits per heavy atom. The van der Waals surface area contributed by atoms with Crippen molar-refractivity contribution in [3.05, 3.63) is 63.3 Å². The van der Waals surface area contributed by atoms with E-state index in [1.165, 1.54) is 30.1 Å². The van der Waals surface area contributed by atoms with Gasteiger partial charge in [-0.2, -0.15) is 13.2 Å². The summed E-state index contributed by atoms with van der Waals surface area (Å²) in [4.78, 5) is 31.4. The summed E-state index contributed by atoms with van der Waals surface area (Å²) in [6, 6.07) is 5.77. The third-order valence-corrected chi connectivity index (χ3v) is 3.58. The molecule has 0 saturated heterocycles. The van der Waals surface area contributed by atoms with Crippen LogP contribution in [0.4, 0.5) is 18.0 Å². The predicted molar refractivity (Wildman–Crippen MR) is 89.6 cm³/mol. The molecule has 2 amide bonds. The van der Waals surface area contributed by atoms with Crippen LogP contribution < -0.4 is 10.9 Å². The molecule has 0 fully saturated rings. The summed E-state index contributed by atoms with van der Waals surface area (Å²) >= 11 is 0. The summed E-state index contributed by atoms with van der Waals surface area (Å²) in [5, 5.41) is 2.64. The zero-order valence-electron chi connectivity index (χ0n) is 14.4. The summed E-state index contributed by atoms with van der Waals surface area (Å²) in [5.41, 5.74) is -0.0577. The SMILES string of the molecule is Cc1cc(=O)[nH]c(CCNC(=O)N(C)Cc2cccc(C(F)(F)F)c2)n1. The number of aromatic amines is 1. The Kier molecular flexibility index (Phi) is 6.01. The third-order valence-electron chi connectivity index (χ3n) is 3.58. The Bertz CT molecular complexity index is 833. The second kappa shape index (κ2) is 8.03. The van der Waals surface area contributed by atoms with Gasteiger partial charge in [0.15, 0.2) is 0 Å². The van der Waals surface area contributed by atoms with Crippen LogP contribution in [-0.2, 0) is 19.1 Å². The van der Waals surface area contributed by atoms with E-state index in [4.69, 9.17) is 0 Å². The van der Waals surface area contributed by atoms with Crippen LogP contribution in [0, 0.1) is 6.92 Å². The molecule has 0 radical (unpaired) electrons. The maximum Gasteiger partial charge on any atom is 0.416 e. The predicted octanol–water partition coefficient (Wildman–Crippen LogP) is 2.48. The van der Waals surface area contributed by atoms with Gasteiger partial charge in [-0.15, -0.1) is 0 Å². The number of carbonyl (C=O) groups excluding carboxylic acids is 1. The molecule has 140 valence electrons. The van der Waals surface area contributed by atoms with E-state index in [2.05, 4.69) is 15.3 Å². The van der Waals surface area contributed by atoms with Gasteiger partial charge in [0.25, 0.3) is 5.56 Å². The third kappa shape index (κ3) is 5.61. The van der Waals surface area contributed by atoms with Gasteiger partial charge >= 0.3 is 12.2 Å². The van der Waals surface area contributed by atoms with E-state index in [0.717, 1.165) is 12.1 Å². The number of H-pyrrole nitrogens is 1. The van der Waals surface area contributed by atoms with Crippen molar-refractivity contribution < 1.29 is 18.0 Å². The lowest BCUT2D eigenvalue weighted by Gasteiger charge is -2.18. The highest BCUT2D eigenvalue weighted by atomic mass is 19.4. The van der Waals surface area contributed by atoms with Crippen LogP contribution in [0.1, 0.15) is 22.6 Å². The standard InChI is InChI=1S/C17H19F3N4O2/c1-11-8-15(25)23-14(22-11)6-7-21-16(26)24(2)10-12-4-3-5-13(9-12)17(18,19)20/h3-5,8-9H,6-7,10H2,1-2H3,(H,21,26)(H,22,23,25). The number of hydrogen-bond donors (Lipinski definition) is 2. The molecule has 0 unspecified atom stereocenters. The molecular formula is C17H19F3N4O2. The number of halogens is 3. The van der Waals surface area contributed by atoms with Gasteiger partial charge in [0.2, 0.25) is 0 Å². The molecule has 1 heterocycles. The Balaban J connectivity index is 1.88. The zero-order chi connectivity index (χ0) is 19.3. The monoisotopic (exact) mass is 368 g/mol. The number of rotatable bonds is 5. The number of carbonyl (C=O) groups is 1. The molecule has 1 aromatic heterocycles. The molecule has 0 saturated carbocycles. The molecule has 0 bridgehead atoms. The van der Waals surface area contributed by atoms with Crippen LogP contribution in [0.3, 0.4) is 0 Å². The van der Waals surface area contributed by atoms with Gasteiger partial charge in [0.05, 0.1) is 5.56 Å². The summed E-state index contributed by atoms with van der Waals surface area (Å²) in [5.74, 6) is 0.454. The number of hydrogen-bond acceptors (Lipinski definition) is 3. The van der Waals surface area contributed by atoms with Gasteiger partial charge in [-0.1, -0.05) is 12.1 Å². The normalized spacial score (nSPS) is 11.3. The molecule has 0 atom stereocenters. The number of benzene rings is 1. The van der Waals surface area contributed by atoms with Crippen LogP contribution in [-0.4, -0.2) is 34.5 Å². The first-order valence-electron chi connectivity index (χ1n) is 7.87. The van der Waals surface area contributed by atoms with Crippen molar-refractivity contribution in [3.8, 4) is 0 Å². The molecule has 9 heteroatoms. The summed E-state index contributed by atoms with van der Waals surface area (Å²) in [7, 11) is 1.49. The van der Waals surface area contributed by atoms with Gasteiger partial charge in [0, 0.05) is 38.3 Å². The van der Waals surface area contributed by atoms with Crippen molar-refractivity contribution in [1.82, 2.24) is 20.2 Å². The smallest absolute Gasteiger partial charge is 0.338 e. The second-order valence-corrected chi connectivity index (χ2v) is 5.87. The Labute approximate surface area is 148 Å². The molecule has 2 aromatic rings. The largest absolute Gasteiger partial charge is 0.416 e. The molecular weight excluding hydrogens is 349 g/mol. The first kappa shape index (κ1) is 19.5. The lowest BCUT2D eigenvalue weighted by atomic mass is 10.1. The van der Waals surface area contributed by atoms with Crippen LogP contribution >= 0.6 is 0 Å². The number of alkyl halides is 3. The Hall–Kier alpha value is -2.84. The minimum Gasteiger partial charge on any atom is -0.338 e. The van der Waals surface area contributed by atoms with Gasteiger partial charge in [-0.25, -0.2) is 9.78 Å². The lowest BCUT2D eigenvalue weighted by molar-refractivity contribution is -0.137. The van der Waals surface area contributed by atoms with Crippen LogP contribution in [0.2, 0.25) is 0 Å². The fourth-order valence-electron chi connectivity index (χ4n) is 2.37. The average Bonchev–Trinajstić information content (AvgIpc) is 2.53. The van der Waals surface area contributed by atoms with E-state index < -0.39 is 17.8 Å². The van der Waals surface area contributed by atoms with E-state index in [1.807, 2.05) is 0 Å². The van der Waals surface area contributed by atoms with Crippen LogP contribution in [0.25, 0.3) is 0 Å². The maximum atomic E-state index is 12.7. The highest BCUT2D eigenvalue weighted by Crippen LogP contribution is 2.29. The number of nitrogens with one attached hydrogen (secondary N) is 2. The van der Waals surface area contributed by atoms with Gasteiger partial charge in [-0.3, -0.25) is 4.79 Å². The Morgan fingerprint density at radius 3 is 2.69 bits per heavy atom. The highest BCUT2D eigenvalue weighted by Gasteiger charge is 2.30. The number of nitrogens with zero attached hydrogens (tertiary/aromatic N) is 2. The zero-order valence-corrected chi connectivity index (χ0v) is 14.4. The molecule has 0 aliphatic heterocycles. The summed E-state index contributed by atoms with van der Waals surface area (Å²) in [6.45, 7) is 1.97. The van der Waals surface area contributed by atoms with Gasteiger partial charge < -0.3 is 15.2 Å². The van der Waals surface area contributed by atoms with E-state index in [0.29, 0.717) is 23.5 Å². The van der Waals surface area contributed by atoms with E-state index in [9.17, 15) is 22.8 Å². The van der Waals surface area contributed by atoms with E-state index in [1.54, 1.807) is 6.92 Å². The van der Waals surface area contributed by atoms with Crippen LogP contribution in [0.5, 0.6) is 0 Å². The molecule has 0 aliphatic rings. The van der Waals surface area contributed by atoms with Crippen molar-refractivity contribution in [1.29, 1.82) is 0 Å². The number of aromatic nitrogens is 2. The first-order chi connectivity index (χ1) is 12.1. The number of aryl methyl sites for hydroxylation is 1. The summed E-state index contributed by atoms with van der Waals surface area (Å²) < 4.78 is 38.2. The quantitative estimate of drug-likeness (QED) is 0.851. The van der Waals surface area contributed by atoms with Crippen molar-refractivity contribution >= 4 is 6.03 Å². The first-order valence-corrected chi connectivity index (χ1v) is 7.87. The fraction of sp³-hybridized carbons (Fsp3) is 0.353. The topological polar surface area (TPSA) is 78.1 Å². The highest BCUT2D eigenvalue weighted by molar-refractivity contribution is 5.73. The molecule has 6 nitrogen and oxygen atoms in total. The summed E-state index contributed by atoms with van der Waals surface area (Å²) in [6.07, 6.45) is -4.09. The van der Waals surface area contributed by atoms with Crippen molar-refractivity contribution in [2.75, 3.05) is 13.6 Å². The van der Waals surface area contributed by atoms with Gasteiger partial charge in [-0.05, 0) is 24.6 Å². The minimum atomic E-state index is -4.42. The van der Waals surface area contributed by atoms with Crippen LogP contribution in [0.15, 0.2) is 35.1 Å². The average molecular weight is 368 g/mol. The molecule has 0 spiro atoms. The number of urea groups is 1. The van der Waals surface area contributed by atoms with Crippen molar-refractivity contribution in [2.24, 2.45) is 0 Å². The van der Waals surface area contributed by atoms with E-state index >= 15 is 0 Å². The maximum absolute atomic E-state index is 12.7. The van der Waals surface area contributed by atoms with E-state index in [-0.39, 0.29) is 18.6 Å². The molecule has 1 aromatic carbocycles.